The Morgan fingerprint density at radius 3 is 2.92 bits per heavy atom. The van der Waals surface area contributed by atoms with Crippen LogP contribution in [0.1, 0.15) is 6.42 Å². The lowest BCUT2D eigenvalue weighted by molar-refractivity contribution is -0.144. The van der Waals surface area contributed by atoms with Crippen LogP contribution in [0.5, 0.6) is 0 Å². The van der Waals surface area contributed by atoms with E-state index < -0.39 is 15.8 Å². The van der Waals surface area contributed by atoms with Gasteiger partial charge in [-0.25, -0.2) is 8.42 Å². The Morgan fingerprint density at radius 2 is 2.17 bits per heavy atom. The molecule has 0 spiro atoms. The fraction of sp³-hybridized carbons (Fsp3) is 0.429. The molecule has 0 aliphatic carbocycles. The third-order valence-electron chi connectivity index (χ3n) is 3.60. The van der Waals surface area contributed by atoms with Gasteiger partial charge in [0.05, 0.1) is 22.6 Å². The minimum absolute atomic E-state index is 0.0376. The maximum atomic E-state index is 12.2. The molecule has 10 heteroatoms. The first kappa shape index (κ1) is 16.9. The molecule has 1 fully saturated rings. The number of fused-ring (bicyclic) bond motifs is 1. The molecule has 8 nitrogen and oxygen atoms in total. The molecule has 1 aliphatic rings. The van der Waals surface area contributed by atoms with Gasteiger partial charge in [0.2, 0.25) is 0 Å². The number of hydrogen-bond acceptors (Lipinski definition) is 8. The van der Waals surface area contributed by atoms with Crippen LogP contribution in [0.3, 0.4) is 0 Å². The van der Waals surface area contributed by atoms with Crippen molar-refractivity contribution in [3.8, 4) is 0 Å². The van der Waals surface area contributed by atoms with E-state index in [1.165, 1.54) is 11.8 Å². The zero-order valence-corrected chi connectivity index (χ0v) is 14.3. The number of carbonyl (C=O) groups is 1. The minimum atomic E-state index is -2.96. The predicted octanol–water partition coefficient (Wildman–Crippen LogP) is 0.212. The van der Waals surface area contributed by atoms with E-state index in [1.54, 1.807) is 24.3 Å². The van der Waals surface area contributed by atoms with Crippen molar-refractivity contribution in [1.82, 2.24) is 15.0 Å². The molecule has 3 rings (SSSR count). The second kappa shape index (κ2) is 6.89. The highest BCUT2D eigenvalue weighted by atomic mass is 32.2. The molecule has 1 aromatic heterocycles. The average molecular weight is 369 g/mol. The highest BCUT2D eigenvalue weighted by Crippen LogP contribution is 2.24. The van der Waals surface area contributed by atoms with Crippen LogP contribution in [-0.2, 0) is 26.1 Å². The van der Waals surface area contributed by atoms with Crippen molar-refractivity contribution < 1.29 is 17.9 Å². The Kier molecular flexibility index (Phi) is 4.86. The predicted molar refractivity (Wildman–Crippen MR) is 89.4 cm³/mol. The number of esters is 1. The summed E-state index contributed by atoms with van der Waals surface area (Å²) in [6.07, 6.45) is 0.551. The lowest BCUT2D eigenvalue weighted by Gasteiger charge is -2.08. The van der Waals surface area contributed by atoms with E-state index in [1.807, 2.05) is 0 Å². The minimum Gasteiger partial charge on any atom is -0.442 e. The summed E-state index contributed by atoms with van der Waals surface area (Å²) in [7, 11) is -2.96. The number of thioether (sulfide) groups is 1. The van der Waals surface area contributed by atoms with Crippen molar-refractivity contribution in [2.24, 2.45) is 0 Å². The summed E-state index contributed by atoms with van der Waals surface area (Å²) in [4.78, 5) is 23.9. The molecule has 0 saturated carbocycles. The second-order valence-corrected chi connectivity index (χ2v) is 8.91. The Balaban J connectivity index is 1.55. The van der Waals surface area contributed by atoms with Crippen molar-refractivity contribution in [3.05, 3.63) is 34.6 Å². The van der Waals surface area contributed by atoms with E-state index in [0.717, 1.165) is 4.68 Å². The number of carbonyl (C=O) groups excluding carboxylic acids is 1. The molecule has 0 amide bonds. The molecule has 24 heavy (non-hydrogen) atoms. The Labute approximate surface area is 142 Å². The number of hydrogen-bond donors (Lipinski definition) is 0. The van der Waals surface area contributed by atoms with Crippen LogP contribution in [0.4, 0.5) is 0 Å². The second-order valence-electron chi connectivity index (χ2n) is 5.39. The normalized spacial score (nSPS) is 19.4. The number of sulfone groups is 1. The number of nitrogens with zero attached hydrogens (tertiary/aromatic N) is 3. The van der Waals surface area contributed by atoms with Gasteiger partial charge in [-0.15, -0.1) is 16.9 Å². The molecule has 1 aromatic carbocycles. The number of benzene rings is 1. The molecule has 0 radical (unpaired) electrons. The van der Waals surface area contributed by atoms with E-state index in [0.29, 0.717) is 17.3 Å². The van der Waals surface area contributed by atoms with Crippen LogP contribution in [0.2, 0.25) is 0 Å². The first-order valence-corrected chi connectivity index (χ1v) is 10.1. The zero-order valence-electron chi connectivity index (χ0n) is 12.6. The third-order valence-corrected chi connectivity index (χ3v) is 6.86. The summed E-state index contributed by atoms with van der Waals surface area (Å²) >= 11 is 1.26. The van der Waals surface area contributed by atoms with E-state index in [9.17, 15) is 18.0 Å². The van der Waals surface area contributed by atoms with Crippen LogP contribution in [0.15, 0.2) is 29.1 Å². The SMILES string of the molecule is O=C(CS[C@H]1CCS(=O)(=O)C1)OCn1nnc2ccccc2c1=O. The van der Waals surface area contributed by atoms with Gasteiger partial charge in [-0.2, -0.15) is 4.68 Å². The standard InChI is InChI=1S/C14H15N3O5S2/c18-13(7-23-10-5-6-24(20,21)8-10)22-9-17-14(19)11-3-1-2-4-12(11)15-16-17/h1-4,10H,5-9H2/t10-/m0/s1. The quantitative estimate of drug-likeness (QED) is 0.688. The topological polar surface area (TPSA) is 108 Å². The molecule has 0 bridgehead atoms. The molecule has 0 unspecified atom stereocenters. The molecule has 0 N–H and O–H groups in total. The number of aromatic nitrogens is 3. The van der Waals surface area contributed by atoms with E-state index >= 15 is 0 Å². The van der Waals surface area contributed by atoms with Gasteiger partial charge < -0.3 is 4.74 Å². The van der Waals surface area contributed by atoms with Gasteiger partial charge in [0.25, 0.3) is 5.56 Å². The van der Waals surface area contributed by atoms with Gasteiger partial charge in [-0.1, -0.05) is 17.3 Å². The van der Waals surface area contributed by atoms with Crippen molar-refractivity contribution >= 4 is 38.5 Å². The molecule has 2 heterocycles. The summed E-state index contributed by atoms with van der Waals surface area (Å²) in [5, 5.41) is 7.94. The van der Waals surface area contributed by atoms with Crippen molar-refractivity contribution in [1.29, 1.82) is 0 Å². The first-order chi connectivity index (χ1) is 11.4. The Hall–Kier alpha value is -1.94. The molecule has 1 atom stereocenters. The molecule has 128 valence electrons. The van der Waals surface area contributed by atoms with Gasteiger partial charge in [-0.3, -0.25) is 9.59 Å². The van der Waals surface area contributed by atoms with Crippen molar-refractivity contribution in [3.63, 3.8) is 0 Å². The monoisotopic (exact) mass is 369 g/mol. The Bertz CT molecular complexity index is 925. The van der Waals surface area contributed by atoms with Gasteiger partial charge >= 0.3 is 5.97 Å². The largest absolute Gasteiger partial charge is 0.442 e. The maximum absolute atomic E-state index is 12.2. The lowest BCUT2D eigenvalue weighted by Crippen LogP contribution is -2.27. The summed E-state index contributed by atoms with van der Waals surface area (Å²) < 4.78 is 28.7. The van der Waals surface area contributed by atoms with Crippen LogP contribution in [0.25, 0.3) is 10.9 Å². The highest BCUT2D eigenvalue weighted by Gasteiger charge is 2.28. The van der Waals surface area contributed by atoms with Crippen LogP contribution < -0.4 is 5.56 Å². The van der Waals surface area contributed by atoms with E-state index in [-0.39, 0.29) is 34.8 Å². The van der Waals surface area contributed by atoms with Crippen LogP contribution in [0, 0.1) is 0 Å². The van der Waals surface area contributed by atoms with Gasteiger partial charge in [0.1, 0.15) is 5.52 Å². The molecular formula is C14H15N3O5S2. The van der Waals surface area contributed by atoms with Gasteiger partial charge in [-0.05, 0) is 18.6 Å². The van der Waals surface area contributed by atoms with Crippen molar-refractivity contribution in [2.75, 3.05) is 17.3 Å². The van der Waals surface area contributed by atoms with Gasteiger partial charge in [0.15, 0.2) is 16.6 Å². The van der Waals surface area contributed by atoms with Crippen LogP contribution >= 0.6 is 11.8 Å². The summed E-state index contributed by atoms with van der Waals surface area (Å²) in [6.45, 7) is -0.320. The summed E-state index contributed by atoms with van der Waals surface area (Å²) in [6, 6.07) is 6.77. The fourth-order valence-electron chi connectivity index (χ4n) is 2.36. The van der Waals surface area contributed by atoms with Crippen LogP contribution in [-0.4, -0.2) is 51.9 Å². The molecule has 1 saturated heterocycles. The zero-order chi connectivity index (χ0) is 17.2. The van der Waals surface area contributed by atoms with E-state index in [4.69, 9.17) is 4.74 Å². The van der Waals surface area contributed by atoms with E-state index in [2.05, 4.69) is 10.3 Å². The molecular weight excluding hydrogens is 354 g/mol. The average Bonchev–Trinajstić information content (AvgIpc) is 2.92. The smallest absolute Gasteiger partial charge is 0.317 e. The summed E-state index contributed by atoms with van der Waals surface area (Å²) in [5.74, 6) is -0.218. The third kappa shape index (κ3) is 3.93. The summed E-state index contributed by atoms with van der Waals surface area (Å²) in [5.41, 5.74) is 0.0889. The first-order valence-electron chi connectivity index (χ1n) is 7.25. The Morgan fingerprint density at radius 1 is 1.38 bits per heavy atom. The fourth-order valence-corrected chi connectivity index (χ4v) is 5.80. The maximum Gasteiger partial charge on any atom is 0.317 e. The van der Waals surface area contributed by atoms with Crippen molar-refractivity contribution in [2.45, 2.75) is 18.4 Å². The number of rotatable bonds is 5. The molecule has 1 aliphatic heterocycles. The van der Waals surface area contributed by atoms with Gasteiger partial charge in [0, 0.05) is 5.25 Å². The highest BCUT2D eigenvalue weighted by molar-refractivity contribution is 8.02. The molecule has 2 aromatic rings. The lowest BCUT2D eigenvalue weighted by atomic mass is 10.2. The number of ether oxygens (including phenoxy) is 1.